The van der Waals surface area contributed by atoms with Crippen LogP contribution in [-0.2, 0) is 4.79 Å². The fourth-order valence-corrected chi connectivity index (χ4v) is 3.47. The predicted octanol–water partition coefficient (Wildman–Crippen LogP) is 4.64. The number of nitrogens with zero attached hydrogens (tertiary/aromatic N) is 2. The van der Waals surface area contributed by atoms with Gasteiger partial charge in [0.2, 0.25) is 5.91 Å². The zero-order chi connectivity index (χ0) is 19.1. The number of benzene rings is 2. The van der Waals surface area contributed by atoms with Gasteiger partial charge in [0.25, 0.3) is 0 Å². The lowest BCUT2D eigenvalue weighted by molar-refractivity contribution is -0.114. The summed E-state index contributed by atoms with van der Waals surface area (Å²) in [6, 6.07) is 14.9. The number of carbonyl (C=O) groups is 1. The molecule has 0 bridgehead atoms. The number of hydrogen-bond donors (Lipinski definition) is 2. The number of hydrogen-bond acceptors (Lipinski definition) is 4. The summed E-state index contributed by atoms with van der Waals surface area (Å²) in [7, 11) is 0. The standard InChI is InChI=1S/C21H23ClN4O/c22-17-10-9-16(14-23)19(13-17)25-21(27)15-24-18-7-3-4-8-20(18)26-11-5-1-2-6-12-26/h3-4,7-10,13,24H,1-2,5-6,11-12,15H2,(H,25,27). The first-order valence-electron chi connectivity index (χ1n) is 9.25. The van der Waals surface area contributed by atoms with Gasteiger partial charge in [-0.1, -0.05) is 36.6 Å². The summed E-state index contributed by atoms with van der Waals surface area (Å²) in [6.07, 6.45) is 4.94. The number of nitrogens with one attached hydrogen (secondary N) is 2. The highest BCUT2D eigenvalue weighted by atomic mass is 35.5. The van der Waals surface area contributed by atoms with Gasteiger partial charge in [0.1, 0.15) is 6.07 Å². The van der Waals surface area contributed by atoms with Crippen LogP contribution in [0.4, 0.5) is 17.1 Å². The highest BCUT2D eigenvalue weighted by Crippen LogP contribution is 2.28. The van der Waals surface area contributed by atoms with E-state index in [0.717, 1.165) is 24.5 Å². The van der Waals surface area contributed by atoms with Gasteiger partial charge in [-0.3, -0.25) is 4.79 Å². The molecule has 3 rings (SSSR count). The number of carbonyl (C=O) groups excluding carboxylic acids is 1. The molecule has 27 heavy (non-hydrogen) atoms. The monoisotopic (exact) mass is 382 g/mol. The van der Waals surface area contributed by atoms with Gasteiger partial charge in [0.05, 0.1) is 29.2 Å². The molecule has 1 aliphatic heterocycles. The second-order valence-electron chi connectivity index (χ2n) is 6.62. The van der Waals surface area contributed by atoms with E-state index in [-0.39, 0.29) is 12.5 Å². The Morgan fingerprint density at radius 1 is 1.07 bits per heavy atom. The lowest BCUT2D eigenvalue weighted by Crippen LogP contribution is -2.27. The van der Waals surface area contributed by atoms with E-state index in [1.807, 2.05) is 18.2 Å². The van der Waals surface area contributed by atoms with E-state index in [0.29, 0.717) is 16.3 Å². The van der Waals surface area contributed by atoms with Crippen LogP contribution in [0, 0.1) is 11.3 Å². The fraction of sp³-hybridized carbons (Fsp3) is 0.333. The second-order valence-corrected chi connectivity index (χ2v) is 7.06. The van der Waals surface area contributed by atoms with Gasteiger partial charge in [0, 0.05) is 18.1 Å². The van der Waals surface area contributed by atoms with Crippen LogP contribution in [0.1, 0.15) is 31.2 Å². The molecular weight excluding hydrogens is 360 g/mol. The van der Waals surface area contributed by atoms with Crippen molar-refractivity contribution in [1.29, 1.82) is 5.26 Å². The van der Waals surface area contributed by atoms with Crippen LogP contribution in [0.2, 0.25) is 5.02 Å². The van der Waals surface area contributed by atoms with E-state index in [9.17, 15) is 4.79 Å². The largest absolute Gasteiger partial charge is 0.374 e. The molecule has 0 aromatic heterocycles. The molecule has 140 valence electrons. The van der Waals surface area contributed by atoms with E-state index in [1.54, 1.807) is 18.2 Å². The number of para-hydroxylation sites is 2. The van der Waals surface area contributed by atoms with E-state index in [1.165, 1.54) is 25.7 Å². The zero-order valence-electron chi connectivity index (χ0n) is 15.2. The normalized spacial score (nSPS) is 14.1. The molecule has 1 fully saturated rings. The molecule has 6 heteroatoms. The van der Waals surface area contributed by atoms with Crippen LogP contribution in [0.3, 0.4) is 0 Å². The van der Waals surface area contributed by atoms with Crippen molar-refractivity contribution in [3.63, 3.8) is 0 Å². The van der Waals surface area contributed by atoms with Crippen molar-refractivity contribution >= 4 is 34.6 Å². The average molecular weight is 383 g/mol. The first kappa shape index (κ1) is 19.1. The molecule has 5 nitrogen and oxygen atoms in total. The summed E-state index contributed by atoms with van der Waals surface area (Å²) >= 11 is 5.97. The van der Waals surface area contributed by atoms with Crippen molar-refractivity contribution in [3.8, 4) is 6.07 Å². The molecule has 0 saturated carbocycles. The summed E-state index contributed by atoms with van der Waals surface area (Å²) in [5.41, 5.74) is 2.89. The number of anilines is 3. The summed E-state index contributed by atoms with van der Waals surface area (Å²) < 4.78 is 0. The van der Waals surface area contributed by atoms with Crippen LogP contribution in [0.5, 0.6) is 0 Å². The van der Waals surface area contributed by atoms with Gasteiger partial charge in [-0.15, -0.1) is 0 Å². The number of amides is 1. The quantitative estimate of drug-likeness (QED) is 0.790. The highest BCUT2D eigenvalue weighted by Gasteiger charge is 2.14. The van der Waals surface area contributed by atoms with Gasteiger partial charge in [-0.25, -0.2) is 0 Å². The van der Waals surface area contributed by atoms with Gasteiger partial charge in [0.15, 0.2) is 0 Å². The molecule has 2 aromatic carbocycles. The molecular formula is C21H23ClN4O. The molecule has 1 heterocycles. The van der Waals surface area contributed by atoms with Crippen molar-refractivity contribution < 1.29 is 4.79 Å². The Morgan fingerprint density at radius 3 is 2.56 bits per heavy atom. The first-order chi connectivity index (χ1) is 13.2. The van der Waals surface area contributed by atoms with Crippen LogP contribution in [0.25, 0.3) is 0 Å². The van der Waals surface area contributed by atoms with Crippen molar-refractivity contribution in [2.75, 3.05) is 35.2 Å². The minimum Gasteiger partial charge on any atom is -0.374 e. The van der Waals surface area contributed by atoms with E-state index in [4.69, 9.17) is 16.9 Å². The fourth-order valence-electron chi connectivity index (χ4n) is 3.30. The molecule has 0 radical (unpaired) electrons. The third-order valence-electron chi connectivity index (χ3n) is 4.67. The number of nitriles is 1. The third kappa shape index (κ3) is 5.15. The topological polar surface area (TPSA) is 68.2 Å². The maximum absolute atomic E-state index is 12.4. The van der Waals surface area contributed by atoms with Crippen molar-refractivity contribution in [2.45, 2.75) is 25.7 Å². The van der Waals surface area contributed by atoms with Gasteiger partial charge in [-0.05, 0) is 43.2 Å². The minimum atomic E-state index is -0.223. The Kier molecular flexibility index (Phi) is 6.56. The highest BCUT2D eigenvalue weighted by molar-refractivity contribution is 6.31. The van der Waals surface area contributed by atoms with Gasteiger partial charge < -0.3 is 15.5 Å². The number of rotatable bonds is 5. The summed E-state index contributed by atoms with van der Waals surface area (Å²) in [5.74, 6) is -0.223. The van der Waals surface area contributed by atoms with Gasteiger partial charge in [-0.2, -0.15) is 5.26 Å². The van der Waals surface area contributed by atoms with E-state index in [2.05, 4.69) is 27.7 Å². The molecule has 1 saturated heterocycles. The lowest BCUT2D eigenvalue weighted by Gasteiger charge is -2.25. The van der Waals surface area contributed by atoms with Crippen molar-refractivity contribution in [3.05, 3.63) is 53.1 Å². The summed E-state index contributed by atoms with van der Waals surface area (Å²) in [5, 5.41) is 15.6. The molecule has 0 atom stereocenters. The van der Waals surface area contributed by atoms with E-state index >= 15 is 0 Å². The number of halogens is 1. The molecule has 2 aromatic rings. The van der Waals surface area contributed by atoms with Crippen molar-refractivity contribution in [1.82, 2.24) is 0 Å². The molecule has 0 aliphatic carbocycles. The molecule has 0 spiro atoms. The lowest BCUT2D eigenvalue weighted by atomic mass is 10.2. The first-order valence-corrected chi connectivity index (χ1v) is 9.62. The summed E-state index contributed by atoms with van der Waals surface area (Å²) in [6.45, 7) is 2.19. The third-order valence-corrected chi connectivity index (χ3v) is 4.90. The Balaban J connectivity index is 1.66. The Hall–Kier alpha value is -2.71. The van der Waals surface area contributed by atoms with Gasteiger partial charge >= 0.3 is 0 Å². The molecule has 1 aliphatic rings. The maximum Gasteiger partial charge on any atom is 0.243 e. The Labute approximate surface area is 164 Å². The predicted molar refractivity (Wildman–Crippen MR) is 110 cm³/mol. The summed E-state index contributed by atoms with van der Waals surface area (Å²) in [4.78, 5) is 14.8. The molecule has 2 N–H and O–H groups in total. The second kappa shape index (κ2) is 9.29. The Morgan fingerprint density at radius 2 is 1.81 bits per heavy atom. The van der Waals surface area contributed by atoms with E-state index < -0.39 is 0 Å². The van der Waals surface area contributed by atoms with Crippen LogP contribution in [-0.4, -0.2) is 25.5 Å². The minimum absolute atomic E-state index is 0.113. The molecule has 1 amide bonds. The SMILES string of the molecule is N#Cc1ccc(Cl)cc1NC(=O)CNc1ccccc1N1CCCCCC1. The average Bonchev–Trinajstić information content (AvgIpc) is 2.96. The molecule has 0 unspecified atom stereocenters. The maximum atomic E-state index is 12.4. The Bertz CT molecular complexity index is 838. The van der Waals surface area contributed by atoms with Crippen LogP contribution >= 0.6 is 11.6 Å². The van der Waals surface area contributed by atoms with Crippen molar-refractivity contribution in [2.24, 2.45) is 0 Å². The zero-order valence-corrected chi connectivity index (χ0v) is 15.9. The van der Waals surface area contributed by atoms with Crippen LogP contribution in [0.15, 0.2) is 42.5 Å². The van der Waals surface area contributed by atoms with Crippen LogP contribution < -0.4 is 15.5 Å². The smallest absolute Gasteiger partial charge is 0.243 e.